The van der Waals surface area contributed by atoms with Gasteiger partial charge in [0.15, 0.2) is 5.82 Å². The number of imidazole rings is 1. The summed E-state index contributed by atoms with van der Waals surface area (Å²) in [7, 11) is 0. The molecule has 1 fully saturated rings. The molecule has 6 heteroatoms. The van der Waals surface area contributed by atoms with Crippen molar-refractivity contribution in [3.05, 3.63) is 41.8 Å². The summed E-state index contributed by atoms with van der Waals surface area (Å²) in [5.41, 5.74) is 2.00. The Morgan fingerprint density at radius 3 is 3.05 bits per heavy atom. The average molecular weight is 283 g/mol. The molecule has 1 aliphatic heterocycles. The van der Waals surface area contributed by atoms with E-state index in [1.165, 1.54) is 0 Å². The lowest BCUT2D eigenvalue weighted by atomic mass is 10.00. The number of hydrogen-bond donors (Lipinski definition) is 2. The zero-order valence-corrected chi connectivity index (χ0v) is 11.7. The number of nitrogens with zero attached hydrogens (tertiary/aromatic N) is 3. The molecule has 0 aliphatic carbocycles. The number of para-hydroxylation sites is 2. The normalized spacial score (nSPS) is 19.1. The first-order valence-corrected chi connectivity index (χ1v) is 7.35. The number of aromatic amines is 1. The summed E-state index contributed by atoms with van der Waals surface area (Å²) in [6.45, 7) is 2.00. The number of H-pyrrole nitrogens is 1. The Balaban J connectivity index is 1.52. The molecule has 1 aliphatic rings. The van der Waals surface area contributed by atoms with Crippen molar-refractivity contribution in [2.24, 2.45) is 0 Å². The summed E-state index contributed by atoms with van der Waals surface area (Å²) in [4.78, 5) is 12.3. The molecule has 108 valence electrons. The van der Waals surface area contributed by atoms with Gasteiger partial charge >= 0.3 is 0 Å². The smallest absolute Gasteiger partial charge is 0.231 e. The highest BCUT2D eigenvalue weighted by Gasteiger charge is 2.21. The fourth-order valence-corrected chi connectivity index (χ4v) is 2.81. The van der Waals surface area contributed by atoms with E-state index in [4.69, 9.17) is 4.52 Å². The molecule has 21 heavy (non-hydrogen) atoms. The summed E-state index contributed by atoms with van der Waals surface area (Å²) >= 11 is 0. The largest absolute Gasteiger partial charge is 0.342 e. The molecule has 2 aromatic heterocycles. The van der Waals surface area contributed by atoms with Gasteiger partial charge < -0.3 is 14.8 Å². The summed E-state index contributed by atoms with van der Waals surface area (Å²) in [5, 5.41) is 7.45. The first-order valence-electron chi connectivity index (χ1n) is 7.35. The Morgan fingerprint density at radius 2 is 2.19 bits per heavy atom. The summed E-state index contributed by atoms with van der Waals surface area (Å²) in [6.07, 6.45) is 2.84. The van der Waals surface area contributed by atoms with Crippen molar-refractivity contribution in [2.45, 2.75) is 25.2 Å². The van der Waals surface area contributed by atoms with Gasteiger partial charge in [0.25, 0.3) is 0 Å². The fourth-order valence-electron chi connectivity index (χ4n) is 2.81. The minimum atomic E-state index is 0.343. The van der Waals surface area contributed by atoms with Crippen LogP contribution in [-0.2, 0) is 6.42 Å². The monoisotopic (exact) mass is 283 g/mol. The van der Waals surface area contributed by atoms with E-state index >= 15 is 0 Å². The fraction of sp³-hybridized carbons (Fsp3) is 0.400. The molecule has 1 atom stereocenters. The molecule has 1 saturated heterocycles. The van der Waals surface area contributed by atoms with Crippen molar-refractivity contribution in [2.75, 3.05) is 13.1 Å². The van der Waals surface area contributed by atoms with E-state index < -0.39 is 0 Å². The van der Waals surface area contributed by atoms with Gasteiger partial charge in [-0.25, -0.2) is 4.98 Å². The van der Waals surface area contributed by atoms with Crippen LogP contribution in [0.3, 0.4) is 0 Å². The van der Waals surface area contributed by atoms with Crippen LogP contribution in [0.4, 0.5) is 0 Å². The van der Waals surface area contributed by atoms with E-state index in [9.17, 15) is 0 Å². The Labute approximate surface area is 122 Å². The van der Waals surface area contributed by atoms with Crippen molar-refractivity contribution in [1.29, 1.82) is 0 Å². The van der Waals surface area contributed by atoms with Crippen molar-refractivity contribution in [3.8, 4) is 0 Å². The van der Waals surface area contributed by atoms with Gasteiger partial charge in [-0.2, -0.15) is 4.98 Å². The second-order valence-electron chi connectivity index (χ2n) is 5.47. The molecule has 0 radical (unpaired) electrons. The first kappa shape index (κ1) is 12.5. The van der Waals surface area contributed by atoms with Crippen LogP contribution in [-0.4, -0.2) is 33.2 Å². The van der Waals surface area contributed by atoms with Crippen molar-refractivity contribution < 1.29 is 4.52 Å². The third-order valence-corrected chi connectivity index (χ3v) is 3.89. The molecule has 0 bridgehead atoms. The number of aromatic nitrogens is 4. The minimum Gasteiger partial charge on any atom is -0.342 e. The van der Waals surface area contributed by atoms with E-state index in [1.54, 1.807) is 0 Å². The maximum Gasteiger partial charge on any atom is 0.231 e. The molecule has 2 N–H and O–H groups in total. The van der Waals surface area contributed by atoms with Crippen LogP contribution in [0.5, 0.6) is 0 Å². The second kappa shape index (κ2) is 5.29. The van der Waals surface area contributed by atoms with Crippen LogP contribution in [0.25, 0.3) is 11.0 Å². The maximum atomic E-state index is 5.41. The van der Waals surface area contributed by atoms with Crippen molar-refractivity contribution in [3.63, 3.8) is 0 Å². The second-order valence-corrected chi connectivity index (χ2v) is 5.47. The van der Waals surface area contributed by atoms with Gasteiger partial charge in [-0.1, -0.05) is 17.3 Å². The van der Waals surface area contributed by atoms with Crippen molar-refractivity contribution >= 4 is 11.0 Å². The molecular formula is C15H17N5O. The SMILES string of the molecule is c1ccc2[nH]c(Cc3noc([C@@H]4CCCNC4)n3)nc2c1. The number of piperidine rings is 1. The number of hydrogen-bond acceptors (Lipinski definition) is 5. The van der Waals surface area contributed by atoms with Gasteiger partial charge in [-0.05, 0) is 31.5 Å². The molecule has 3 heterocycles. The van der Waals surface area contributed by atoms with E-state index in [1.807, 2.05) is 24.3 Å². The highest BCUT2D eigenvalue weighted by Crippen LogP contribution is 2.22. The third kappa shape index (κ3) is 2.54. The minimum absolute atomic E-state index is 0.343. The van der Waals surface area contributed by atoms with Gasteiger partial charge in [0.05, 0.1) is 23.4 Å². The predicted octanol–water partition coefficient (Wildman–Crippen LogP) is 2.00. The number of fused-ring (bicyclic) bond motifs is 1. The molecule has 3 aromatic rings. The molecule has 0 amide bonds. The van der Waals surface area contributed by atoms with Gasteiger partial charge in [0.2, 0.25) is 5.89 Å². The summed E-state index contributed by atoms with van der Waals surface area (Å²) in [6, 6.07) is 7.98. The molecule has 0 saturated carbocycles. The molecule has 0 unspecified atom stereocenters. The molecular weight excluding hydrogens is 266 g/mol. The van der Waals surface area contributed by atoms with Gasteiger partial charge in [-0.15, -0.1) is 0 Å². The van der Waals surface area contributed by atoms with Gasteiger partial charge in [0, 0.05) is 6.54 Å². The first-order chi connectivity index (χ1) is 10.4. The lowest BCUT2D eigenvalue weighted by Gasteiger charge is -2.18. The summed E-state index contributed by atoms with van der Waals surface area (Å²) < 4.78 is 5.41. The molecule has 0 spiro atoms. The highest BCUT2D eigenvalue weighted by atomic mass is 16.5. The van der Waals surface area contributed by atoms with E-state index in [0.29, 0.717) is 18.2 Å². The Kier molecular flexibility index (Phi) is 3.16. The van der Waals surface area contributed by atoms with Crippen LogP contribution in [0.15, 0.2) is 28.8 Å². The van der Waals surface area contributed by atoms with Crippen molar-refractivity contribution in [1.82, 2.24) is 25.4 Å². The van der Waals surface area contributed by atoms with Crippen LogP contribution in [0.2, 0.25) is 0 Å². The van der Waals surface area contributed by atoms with Gasteiger partial charge in [0.1, 0.15) is 5.82 Å². The maximum absolute atomic E-state index is 5.41. The predicted molar refractivity (Wildman–Crippen MR) is 78.0 cm³/mol. The average Bonchev–Trinajstić information content (AvgIpc) is 3.14. The highest BCUT2D eigenvalue weighted by molar-refractivity contribution is 5.74. The van der Waals surface area contributed by atoms with E-state index in [2.05, 4.69) is 25.4 Å². The lowest BCUT2D eigenvalue weighted by Crippen LogP contribution is -2.28. The quantitative estimate of drug-likeness (QED) is 0.768. The Morgan fingerprint density at radius 1 is 1.24 bits per heavy atom. The number of benzene rings is 1. The number of rotatable bonds is 3. The topological polar surface area (TPSA) is 79.6 Å². The van der Waals surface area contributed by atoms with Crippen LogP contribution < -0.4 is 5.32 Å². The summed E-state index contributed by atoms with van der Waals surface area (Å²) in [5.74, 6) is 2.64. The van der Waals surface area contributed by atoms with E-state index in [-0.39, 0.29) is 0 Å². The Hall–Kier alpha value is -2.21. The lowest BCUT2D eigenvalue weighted by molar-refractivity contribution is 0.320. The molecule has 4 rings (SSSR count). The van der Waals surface area contributed by atoms with Crippen LogP contribution in [0.1, 0.15) is 36.3 Å². The standard InChI is InChI=1S/C15H17N5O/c1-2-6-12-11(5-1)17-13(18-12)8-14-19-15(21-20-14)10-4-3-7-16-9-10/h1-2,5-6,10,16H,3-4,7-9H2,(H,17,18)/t10-/m1/s1. The zero-order chi connectivity index (χ0) is 14.1. The van der Waals surface area contributed by atoms with Gasteiger partial charge in [-0.3, -0.25) is 0 Å². The zero-order valence-electron chi connectivity index (χ0n) is 11.7. The van der Waals surface area contributed by atoms with Crippen LogP contribution >= 0.6 is 0 Å². The van der Waals surface area contributed by atoms with E-state index in [0.717, 1.165) is 48.7 Å². The third-order valence-electron chi connectivity index (χ3n) is 3.89. The number of nitrogens with one attached hydrogen (secondary N) is 2. The van der Waals surface area contributed by atoms with Crippen LogP contribution in [0, 0.1) is 0 Å². The molecule has 1 aromatic carbocycles. The molecule has 6 nitrogen and oxygen atoms in total. The Bertz CT molecular complexity index is 708.